The summed E-state index contributed by atoms with van der Waals surface area (Å²) in [4.78, 5) is 19.4. The van der Waals surface area contributed by atoms with Gasteiger partial charge < -0.3 is 14.8 Å². The number of rotatable bonds is 5. The summed E-state index contributed by atoms with van der Waals surface area (Å²) < 4.78 is 2.00. The van der Waals surface area contributed by atoms with Crippen LogP contribution in [0.25, 0.3) is 0 Å². The quantitative estimate of drug-likeness (QED) is 0.866. The number of aromatic nitrogens is 2. The lowest BCUT2D eigenvalue weighted by Crippen LogP contribution is -2.51. The zero-order valence-electron chi connectivity index (χ0n) is 14.6. The van der Waals surface area contributed by atoms with Crippen molar-refractivity contribution in [1.29, 1.82) is 0 Å². The van der Waals surface area contributed by atoms with E-state index in [1.165, 1.54) is 5.56 Å². The molecule has 7 heteroatoms. The lowest BCUT2D eigenvalue weighted by atomic mass is 10.1. The fourth-order valence-corrected chi connectivity index (χ4v) is 3.91. The first-order chi connectivity index (χ1) is 11.7. The molecule has 2 heterocycles. The molecule has 2 unspecified atom stereocenters. The van der Waals surface area contributed by atoms with Gasteiger partial charge in [-0.1, -0.05) is 30.3 Å². The number of carbonyl (C=O) groups is 1. The van der Waals surface area contributed by atoms with Crippen LogP contribution in [0.1, 0.15) is 24.4 Å². The smallest absolute Gasteiger partial charge is 0.236 e. The summed E-state index contributed by atoms with van der Waals surface area (Å²) in [6, 6.07) is 10.3. The van der Waals surface area contributed by atoms with E-state index in [1.807, 2.05) is 47.8 Å². The van der Waals surface area contributed by atoms with Gasteiger partial charge in [0.2, 0.25) is 5.91 Å². The first kappa shape index (κ1) is 19.8. The average Bonchev–Trinajstić information content (AvgIpc) is 3.05. The number of halogens is 1. The average molecular weight is 381 g/mol. The Balaban J connectivity index is 0.00000225. The molecule has 1 amide bonds. The van der Waals surface area contributed by atoms with Crippen molar-refractivity contribution < 1.29 is 4.79 Å². The number of nitrogens with zero attached hydrogens (tertiary/aromatic N) is 3. The van der Waals surface area contributed by atoms with Crippen LogP contribution in [0, 0.1) is 0 Å². The molecule has 0 spiro atoms. The van der Waals surface area contributed by atoms with Crippen LogP contribution in [-0.2, 0) is 17.6 Å². The number of thioether (sulfide) groups is 1. The predicted molar refractivity (Wildman–Crippen MR) is 105 cm³/mol. The highest BCUT2D eigenvalue weighted by Crippen LogP contribution is 2.25. The Hall–Kier alpha value is -1.50. The molecule has 0 saturated carbocycles. The summed E-state index contributed by atoms with van der Waals surface area (Å²) in [6.45, 7) is 4.33. The Bertz CT molecular complexity index is 679. The van der Waals surface area contributed by atoms with E-state index >= 15 is 0 Å². The number of imidazole rings is 1. The van der Waals surface area contributed by atoms with E-state index in [2.05, 4.69) is 22.4 Å². The Morgan fingerprint density at radius 3 is 2.84 bits per heavy atom. The standard InChI is InChI=1S/C18H24N4OS.ClH/c1-14(24-13-15-6-4-3-5-7-15)18(23)22-11-8-19-12-16(22)17-20-9-10-21(17)2;/h3-7,9-10,14,16,19H,8,11-13H2,1-2H3;1H. The molecule has 1 aromatic carbocycles. The van der Waals surface area contributed by atoms with E-state index in [0.29, 0.717) is 0 Å². The minimum Gasteiger partial charge on any atom is -0.336 e. The first-order valence-electron chi connectivity index (χ1n) is 8.30. The number of carbonyl (C=O) groups excluding carboxylic acids is 1. The topological polar surface area (TPSA) is 50.2 Å². The third-order valence-corrected chi connectivity index (χ3v) is 5.58. The van der Waals surface area contributed by atoms with Gasteiger partial charge in [0.25, 0.3) is 0 Å². The largest absolute Gasteiger partial charge is 0.336 e. The number of hydrogen-bond donors (Lipinski definition) is 1. The molecule has 0 radical (unpaired) electrons. The van der Waals surface area contributed by atoms with Gasteiger partial charge in [-0.15, -0.1) is 24.2 Å². The van der Waals surface area contributed by atoms with E-state index in [-0.39, 0.29) is 29.6 Å². The fraction of sp³-hybridized carbons (Fsp3) is 0.444. The lowest BCUT2D eigenvalue weighted by molar-refractivity contribution is -0.133. The van der Waals surface area contributed by atoms with Crippen molar-refractivity contribution in [3.63, 3.8) is 0 Å². The number of aryl methyl sites for hydroxylation is 1. The molecule has 2 atom stereocenters. The van der Waals surface area contributed by atoms with Crippen molar-refractivity contribution in [1.82, 2.24) is 19.8 Å². The summed E-state index contributed by atoms with van der Waals surface area (Å²) in [6.07, 6.45) is 3.72. The van der Waals surface area contributed by atoms with Gasteiger partial charge in [0.15, 0.2) is 0 Å². The predicted octanol–water partition coefficient (Wildman–Crippen LogP) is 2.64. The van der Waals surface area contributed by atoms with E-state index in [9.17, 15) is 4.79 Å². The summed E-state index contributed by atoms with van der Waals surface area (Å²) >= 11 is 1.70. The minimum absolute atomic E-state index is 0. The number of piperazine rings is 1. The molecule has 1 N–H and O–H groups in total. The molecule has 1 aliphatic heterocycles. The van der Waals surface area contributed by atoms with Gasteiger partial charge in [-0.05, 0) is 12.5 Å². The molecule has 136 valence electrons. The Labute approximate surface area is 159 Å². The van der Waals surface area contributed by atoms with Crippen LogP contribution in [0.15, 0.2) is 42.7 Å². The molecule has 0 aliphatic carbocycles. The van der Waals surface area contributed by atoms with Crippen LogP contribution < -0.4 is 5.32 Å². The van der Waals surface area contributed by atoms with Crippen molar-refractivity contribution in [2.75, 3.05) is 19.6 Å². The van der Waals surface area contributed by atoms with Gasteiger partial charge >= 0.3 is 0 Å². The third kappa shape index (κ3) is 4.77. The number of hydrogen-bond acceptors (Lipinski definition) is 4. The number of benzene rings is 1. The molecule has 1 aromatic heterocycles. The molecule has 1 saturated heterocycles. The molecule has 2 aromatic rings. The van der Waals surface area contributed by atoms with Crippen molar-refractivity contribution in [2.24, 2.45) is 7.05 Å². The zero-order valence-corrected chi connectivity index (χ0v) is 16.2. The Morgan fingerprint density at radius 1 is 1.40 bits per heavy atom. The molecule has 1 aliphatic rings. The van der Waals surface area contributed by atoms with Crippen LogP contribution in [0.4, 0.5) is 0 Å². The second-order valence-electron chi connectivity index (χ2n) is 6.09. The highest BCUT2D eigenvalue weighted by molar-refractivity contribution is 7.99. The van der Waals surface area contributed by atoms with E-state index < -0.39 is 0 Å². The van der Waals surface area contributed by atoms with Crippen LogP contribution in [0.2, 0.25) is 0 Å². The van der Waals surface area contributed by atoms with Crippen molar-refractivity contribution in [3.8, 4) is 0 Å². The molecule has 5 nitrogen and oxygen atoms in total. The van der Waals surface area contributed by atoms with E-state index in [1.54, 1.807) is 18.0 Å². The Kier molecular flexibility index (Phi) is 7.35. The maximum atomic E-state index is 13.0. The zero-order chi connectivity index (χ0) is 16.9. The van der Waals surface area contributed by atoms with Crippen LogP contribution in [-0.4, -0.2) is 45.2 Å². The van der Waals surface area contributed by atoms with Crippen LogP contribution >= 0.6 is 24.2 Å². The molecule has 3 rings (SSSR count). The first-order valence-corrected chi connectivity index (χ1v) is 9.35. The van der Waals surface area contributed by atoms with Crippen molar-refractivity contribution in [3.05, 3.63) is 54.1 Å². The second kappa shape index (κ2) is 9.27. The number of amides is 1. The molecule has 0 bridgehead atoms. The highest BCUT2D eigenvalue weighted by atomic mass is 35.5. The van der Waals surface area contributed by atoms with Gasteiger partial charge in [0, 0.05) is 44.8 Å². The third-order valence-electron chi connectivity index (χ3n) is 4.37. The van der Waals surface area contributed by atoms with Gasteiger partial charge in [0.1, 0.15) is 11.9 Å². The van der Waals surface area contributed by atoms with Gasteiger partial charge in [-0.2, -0.15) is 0 Å². The fourth-order valence-electron chi connectivity index (χ4n) is 3.00. The molecule has 1 fully saturated rings. The Morgan fingerprint density at radius 2 is 2.16 bits per heavy atom. The van der Waals surface area contributed by atoms with Gasteiger partial charge in [0.05, 0.1) is 5.25 Å². The lowest BCUT2D eigenvalue weighted by Gasteiger charge is -2.37. The maximum absolute atomic E-state index is 13.0. The van der Waals surface area contributed by atoms with Gasteiger partial charge in [-0.25, -0.2) is 4.98 Å². The van der Waals surface area contributed by atoms with Crippen LogP contribution in [0.5, 0.6) is 0 Å². The number of nitrogens with one attached hydrogen (secondary N) is 1. The summed E-state index contributed by atoms with van der Waals surface area (Å²) in [5.74, 6) is 1.99. The van der Waals surface area contributed by atoms with E-state index in [4.69, 9.17) is 0 Å². The summed E-state index contributed by atoms with van der Waals surface area (Å²) in [7, 11) is 1.98. The van der Waals surface area contributed by atoms with Crippen molar-refractivity contribution in [2.45, 2.75) is 24.0 Å². The normalized spacial score (nSPS) is 18.5. The summed E-state index contributed by atoms with van der Waals surface area (Å²) in [5.41, 5.74) is 1.25. The monoisotopic (exact) mass is 380 g/mol. The summed E-state index contributed by atoms with van der Waals surface area (Å²) in [5, 5.41) is 3.31. The van der Waals surface area contributed by atoms with E-state index in [0.717, 1.165) is 31.2 Å². The molecular weight excluding hydrogens is 356 g/mol. The maximum Gasteiger partial charge on any atom is 0.236 e. The van der Waals surface area contributed by atoms with Gasteiger partial charge in [-0.3, -0.25) is 4.79 Å². The highest BCUT2D eigenvalue weighted by Gasteiger charge is 2.32. The molecular formula is C18H25ClN4OS. The SMILES string of the molecule is CC(SCc1ccccc1)C(=O)N1CCNCC1c1nccn1C.Cl. The molecule has 25 heavy (non-hydrogen) atoms. The van der Waals surface area contributed by atoms with Crippen molar-refractivity contribution >= 4 is 30.1 Å². The minimum atomic E-state index is -0.0638. The van der Waals surface area contributed by atoms with Crippen LogP contribution in [0.3, 0.4) is 0 Å². The second-order valence-corrected chi connectivity index (χ2v) is 7.42.